The standard InChI is InChI=1S/C16H15NO4/c1-4-10-20-13-9-7-6-8-12(13)15-17(3)14(18)11(5-2)16(19)21-15/h1,6-9H,5,10H2,2-3H3/p+1. The van der Waals surface area contributed by atoms with Crippen LogP contribution in [0.4, 0.5) is 0 Å². The number of terminal acetylenes is 1. The highest BCUT2D eigenvalue weighted by atomic mass is 16.5. The summed E-state index contributed by atoms with van der Waals surface area (Å²) in [6, 6.07) is 7.02. The normalized spacial score (nSPS) is 10.1. The summed E-state index contributed by atoms with van der Waals surface area (Å²) >= 11 is 0. The van der Waals surface area contributed by atoms with E-state index in [9.17, 15) is 9.90 Å². The summed E-state index contributed by atoms with van der Waals surface area (Å²) in [5.74, 6) is 2.96. The first-order valence-corrected chi connectivity index (χ1v) is 6.50. The van der Waals surface area contributed by atoms with Crippen LogP contribution in [0.25, 0.3) is 11.5 Å². The van der Waals surface area contributed by atoms with Gasteiger partial charge in [-0.2, -0.15) is 0 Å². The second kappa shape index (κ2) is 6.14. The van der Waals surface area contributed by atoms with E-state index in [1.807, 2.05) is 0 Å². The van der Waals surface area contributed by atoms with Crippen molar-refractivity contribution >= 4 is 0 Å². The number of aromatic nitrogens is 1. The van der Waals surface area contributed by atoms with Crippen molar-refractivity contribution in [2.24, 2.45) is 7.05 Å². The molecule has 2 aromatic rings. The molecule has 0 aliphatic rings. The van der Waals surface area contributed by atoms with Crippen LogP contribution < -0.4 is 14.9 Å². The molecule has 1 aromatic carbocycles. The number of hydrogen-bond donors (Lipinski definition) is 1. The predicted molar refractivity (Wildman–Crippen MR) is 77.0 cm³/mol. The van der Waals surface area contributed by atoms with E-state index < -0.39 is 5.63 Å². The van der Waals surface area contributed by atoms with Crippen molar-refractivity contribution in [2.45, 2.75) is 13.3 Å². The van der Waals surface area contributed by atoms with Crippen molar-refractivity contribution in [3.8, 4) is 35.4 Å². The third-order valence-corrected chi connectivity index (χ3v) is 3.11. The molecular formula is C16H16NO4+. The molecule has 0 atom stereocenters. The fourth-order valence-electron chi connectivity index (χ4n) is 2.03. The highest BCUT2D eigenvalue weighted by Gasteiger charge is 2.26. The molecule has 21 heavy (non-hydrogen) atoms. The molecule has 0 radical (unpaired) electrons. The van der Waals surface area contributed by atoms with Gasteiger partial charge in [-0.15, -0.1) is 11.0 Å². The molecule has 1 N–H and O–H groups in total. The number of para-hydroxylation sites is 1. The quantitative estimate of drug-likeness (QED) is 0.682. The zero-order chi connectivity index (χ0) is 15.4. The van der Waals surface area contributed by atoms with Gasteiger partial charge in [0.05, 0.1) is 0 Å². The highest BCUT2D eigenvalue weighted by Crippen LogP contribution is 2.28. The number of ether oxygens (including phenoxy) is 1. The first-order valence-electron chi connectivity index (χ1n) is 6.50. The molecule has 5 heteroatoms. The van der Waals surface area contributed by atoms with Gasteiger partial charge in [0.1, 0.15) is 30.5 Å². The maximum absolute atomic E-state index is 11.9. The second-order valence-corrected chi connectivity index (χ2v) is 4.40. The molecule has 0 amide bonds. The SMILES string of the molecule is C#CCOc1ccccc1-c1oc(=O)c(CC)c(O)[n+]1C. The van der Waals surface area contributed by atoms with Crippen molar-refractivity contribution in [3.63, 3.8) is 0 Å². The Morgan fingerprint density at radius 2 is 2.14 bits per heavy atom. The Bertz CT molecular complexity index is 756. The van der Waals surface area contributed by atoms with Crippen molar-refractivity contribution < 1.29 is 18.8 Å². The number of benzene rings is 1. The van der Waals surface area contributed by atoms with Crippen molar-refractivity contribution in [1.82, 2.24) is 0 Å². The Hall–Kier alpha value is -2.74. The molecule has 1 aromatic heterocycles. The molecular weight excluding hydrogens is 270 g/mol. The van der Waals surface area contributed by atoms with Crippen LogP contribution in [0.2, 0.25) is 0 Å². The van der Waals surface area contributed by atoms with Crippen LogP contribution in [0.3, 0.4) is 0 Å². The van der Waals surface area contributed by atoms with Crippen molar-refractivity contribution in [3.05, 3.63) is 40.2 Å². The minimum absolute atomic E-state index is 0.101. The van der Waals surface area contributed by atoms with Crippen molar-refractivity contribution in [1.29, 1.82) is 0 Å². The highest BCUT2D eigenvalue weighted by molar-refractivity contribution is 5.60. The fourth-order valence-corrected chi connectivity index (χ4v) is 2.03. The molecule has 0 fully saturated rings. The largest absolute Gasteiger partial charge is 0.480 e. The smallest absolute Gasteiger partial charge is 0.390 e. The van der Waals surface area contributed by atoms with Crippen LogP contribution in [-0.4, -0.2) is 11.7 Å². The van der Waals surface area contributed by atoms with Gasteiger partial charge in [0.2, 0.25) is 0 Å². The Kier molecular flexibility index (Phi) is 4.29. The van der Waals surface area contributed by atoms with Gasteiger partial charge in [-0.1, -0.05) is 25.0 Å². The average molecular weight is 286 g/mol. The maximum Gasteiger partial charge on any atom is 0.390 e. The summed E-state index contributed by atoms with van der Waals surface area (Å²) in [4.78, 5) is 11.9. The van der Waals surface area contributed by atoms with Gasteiger partial charge >= 0.3 is 17.4 Å². The molecule has 0 aliphatic heterocycles. The van der Waals surface area contributed by atoms with Gasteiger partial charge in [-0.05, 0) is 18.6 Å². The van der Waals surface area contributed by atoms with E-state index in [0.29, 0.717) is 17.7 Å². The summed E-state index contributed by atoms with van der Waals surface area (Å²) in [5, 5.41) is 10.1. The Labute approximate surface area is 122 Å². The lowest BCUT2D eigenvalue weighted by molar-refractivity contribution is -0.676. The molecule has 0 saturated heterocycles. The summed E-state index contributed by atoms with van der Waals surface area (Å²) in [7, 11) is 1.62. The van der Waals surface area contributed by atoms with E-state index in [1.54, 1.807) is 38.2 Å². The molecule has 1 heterocycles. The molecule has 2 rings (SSSR count). The first-order chi connectivity index (χ1) is 10.1. The van der Waals surface area contributed by atoms with Gasteiger partial charge in [-0.25, -0.2) is 4.79 Å². The minimum Gasteiger partial charge on any atom is -0.480 e. The maximum atomic E-state index is 11.9. The minimum atomic E-state index is -0.560. The number of rotatable bonds is 4. The molecule has 108 valence electrons. The summed E-state index contributed by atoms with van der Waals surface area (Å²) in [6.45, 7) is 1.87. The summed E-state index contributed by atoms with van der Waals surface area (Å²) in [6.07, 6.45) is 5.57. The Morgan fingerprint density at radius 3 is 2.81 bits per heavy atom. The molecule has 0 unspecified atom stereocenters. The van der Waals surface area contributed by atoms with Crippen LogP contribution in [0.1, 0.15) is 12.5 Å². The lowest BCUT2D eigenvalue weighted by Gasteiger charge is -2.07. The van der Waals surface area contributed by atoms with E-state index in [2.05, 4.69) is 5.92 Å². The van der Waals surface area contributed by atoms with E-state index in [4.69, 9.17) is 15.6 Å². The van der Waals surface area contributed by atoms with E-state index in [-0.39, 0.29) is 23.9 Å². The molecule has 5 nitrogen and oxygen atoms in total. The monoisotopic (exact) mass is 286 g/mol. The van der Waals surface area contributed by atoms with E-state index in [1.165, 1.54) is 4.57 Å². The first kappa shape index (κ1) is 14.7. The van der Waals surface area contributed by atoms with Crippen LogP contribution in [0.15, 0.2) is 33.5 Å². The summed E-state index contributed by atoms with van der Waals surface area (Å²) < 4.78 is 12.2. The third kappa shape index (κ3) is 2.75. The zero-order valence-electron chi connectivity index (χ0n) is 11.9. The number of hydrogen-bond acceptors (Lipinski definition) is 4. The second-order valence-electron chi connectivity index (χ2n) is 4.40. The zero-order valence-corrected chi connectivity index (χ0v) is 11.9. The molecule has 0 aliphatic carbocycles. The molecule has 0 bridgehead atoms. The van der Waals surface area contributed by atoms with Gasteiger partial charge in [0.25, 0.3) is 0 Å². The number of aromatic hydroxyl groups is 1. The number of nitrogens with zero attached hydrogens (tertiary/aromatic N) is 1. The predicted octanol–water partition coefficient (Wildman–Crippen LogP) is 1.41. The summed E-state index contributed by atoms with van der Waals surface area (Å²) in [5.41, 5.74) is 0.225. The van der Waals surface area contributed by atoms with Crippen LogP contribution >= 0.6 is 0 Å². The van der Waals surface area contributed by atoms with Gasteiger partial charge in [0.15, 0.2) is 0 Å². The fraction of sp³-hybridized carbons (Fsp3) is 0.250. The van der Waals surface area contributed by atoms with E-state index >= 15 is 0 Å². The van der Waals surface area contributed by atoms with E-state index in [0.717, 1.165) is 0 Å². The lowest BCUT2D eigenvalue weighted by Crippen LogP contribution is -2.35. The third-order valence-electron chi connectivity index (χ3n) is 3.11. The van der Waals surface area contributed by atoms with Crippen molar-refractivity contribution in [2.75, 3.05) is 6.61 Å². The van der Waals surface area contributed by atoms with Gasteiger partial charge in [0, 0.05) is 0 Å². The van der Waals surface area contributed by atoms with Gasteiger partial charge in [-0.3, -0.25) is 0 Å². The molecule has 0 spiro atoms. The lowest BCUT2D eigenvalue weighted by atomic mass is 10.2. The Balaban J connectivity index is 2.63. The van der Waals surface area contributed by atoms with Crippen LogP contribution in [-0.2, 0) is 13.5 Å². The van der Waals surface area contributed by atoms with Gasteiger partial charge < -0.3 is 14.3 Å². The molecule has 0 saturated carbocycles. The average Bonchev–Trinajstić information content (AvgIpc) is 2.50. The van der Waals surface area contributed by atoms with Crippen LogP contribution in [0, 0.1) is 12.3 Å². The topological polar surface area (TPSA) is 63.6 Å². The Morgan fingerprint density at radius 1 is 1.43 bits per heavy atom. The van der Waals surface area contributed by atoms with Crippen LogP contribution in [0.5, 0.6) is 11.6 Å².